The molecule has 0 radical (unpaired) electrons. The molecular weight excluding hydrogens is 420 g/mol. The first kappa shape index (κ1) is 20.6. The highest BCUT2D eigenvalue weighted by Crippen LogP contribution is 2.25. The average molecular weight is 438 g/mol. The van der Waals surface area contributed by atoms with Crippen LogP contribution in [0.2, 0.25) is 0 Å². The van der Waals surface area contributed by atoms with E-state index >= 15 is 0 Å². The third-order valence-corrected chi connectivity index (χ3v) is 5.34. The molecule has 3 aromatic heterocycles. The number of aromatic nitrogens is 4. The van der Waals surface area contributed by atoms with Gasteiger partial charge in [0.2, 0.25) is 5.89 Å². The first-order valence-corrected chi connectivity index (χ1v) is 10.2. The maximum absolute atomic E-state index is 12.6. The number of fused-ring (bicyclic) bond motifs is 1. The number of hydrogen-bond donors (Lipinski definition) is 1. The van der Waals surface area contributed by atoms with Gasteiger partial charge < -0.3 is 18.9 Å². The lowest BCUT2D eigenvalue weighted by molar-refractivity contribution is 0.0602. The summed E-state index contributed by atoms with van der Waals surface area (Å²) in [7, 11) is 2.86. The van der Waals surface area contributed by atoms with Crippen molar-refractivity contribution in [1.29, 1.82) is 0 Å². The lowest BCUT2D eigenvalue weighted by atomic mass is 10.1. The third-order valence-electron chi connectivity index (χ3n) is 4.43. The summed E-state index contributed by atoms with van der Waals surface area (Å²) >= 11 is 1.28. The van der Waals surface area contributed by atoms with Crippen LogP contribution in [0.25, 0.3) is 22.5 Å². The molecule has 10 heteroatoms. The van der Waals surface area contributed by atoms with Gasteiger partial charge in [0, 0.05) is 17.0 Å². The fraction of sp³-hybridized carbons (Fsp3) is 0.190. The van der Waals surface area contributed by atoms with Gasteiger partial charge in [-0.15, -0.1) is 0 Å². The fourth-order valence-corrected chi connectivity index (χ4v) is 3.70. The highest BCUT2D eigenvalue weighted by atomic mass is 32.2. The van der Waals surface area contributed by atoms with E-state index in [1.807, 2.05) is 24.3 Å². The van der Waals surface area contributed by atoms with Crippen LogP contribution in [-0.2, 0) is 10.5 Å². The molecule has 0 unspecified atom stereocenters. The van der Waals surface area contributed by atoms with Crippen LogP contribution in [0.15, 0.2) is 51.0 Å². The van der Waals surface area contributed by atoms with Crippen LogP contribution in [0.5, 0.6) is 5.75 Å². The minimum atomic E-state index is -0.614. The first-order chi connectivity index (χ1) is 15.0. The normalized spacial score (nSPS) is 10.9. The molecule has 0 aliphatic rings. The Balaban J connectivity index is 1.56. The zero-order valence-corrected chi connectivity index (χ0v) is 17.8. The lowest BCUT2D eigenvalue weighted by Crippen LogP contribution is -2.16. The highest BCUT2D eigenvalue weighted by molar-refractivity contribution is 7.98. The molecule has 0 spiro atoms. The molecule has 4 aromatic rings. The van der Waals surface area contributed by atoms with Gasteiger partial charge in [-0.05, 0) is 37.3 Å². The van der Waals surface area contributed by atoms with E-state index in [9.17, 15) is 9.59 Å². The summed E-state index contributed by atoms with van der Waals surface area (Å²) in [5.41, 5.74) is 1.93. The van der Waals surface area contributed by atoms with Gasteiger partial charge in [-0.2, -0.15) is 0 Å². The molecule has 0 aliphatic heterocycles. The predicted octanol–water partition coefficient (Wildman–Crippen LogP) is 3.37. The standard InChI is InChI=1S/C21H18N4O5S/c1-11-8-15(20(27)29-3)16-17(22-11)24-21(25-18(16)26)31-10-13-9-30-19(23-13)12-4-6-14(28-2)7-5-12/h4-9H,10H2,1-3H3,(H,22,24,25,26). The van der Waals surface area contributed by atoms with Gasteiger partial charge in [-0.1, -0.05) is 11.8 Å². The van der Waals surface area contributed by atoms with Crippen molar-refractivity contribution in [2.75, 3.05) is 14.2 Å². The van der Waals surface area contributed by atoms with Gasteiger partial charge in [-0.25, -0.2) is 19.7 Å². The maximum atomic E-state index is 12.6. The van der Waals surface area contributed by atoms with Crippen molar-refractivity contribution in [3.63, 3.8) is 0 Å². The topological polar surface area (TPSA) is 120 Å². The molecule has 0 aliphatic carbocycles. The number of hydrogen-bond acceptors (Lipinski definition) is 9. The summed E-state index contributed by atoms with van der Waals surface area (Å²) in [5, 5.41) is 0.463. The molecule has 1 N–H and O–H groups in total. The van der Waals surface area contributed by atoms with Crippen molar-refractivity contribution >= 4 is 28.8 Å². The Morgan fingerprint density at radius 3 is 2.65 bits per heavy atom. The Morgan fingerprint density at radius 2 is 1.94 bits per heavy atom. The van der Waals surface area contributed by atoms with Crippen LogP contribution >= 0.6 is 11.8 Å². The number of rotatable bonds is 6. The number of carbonyl (C=O) groups is 1. The van der Waals surface area contributed by atoms with E-state index < -0.39 is 11.5 Å². The Morgan fingerprint density at radius 1 is 1.16 bits per heavy atom. The molecule has 0 bridgehead atoms. The van der Waals surface area contributed by atoms with E-state index in [2.05, 4.69) is 19.9 Å². The van der Waals surface area contributed by atoms with Crippen molar-refractivity contribution in [3.8, 4) is 17.2 Å². The number of thioether (sulfide) groups is 1. The van der Waals surface area contributed by atoms with Gasteiger partial charge in [0.15, 0.2) is 10.8 Å². The lowest BCUT2D eigenvalue weighted by Gasteiger charge is -2.06. The second kappa shape index (κ2) is 8.60. The second-order valence-corrected chi connectivity index (χ2v) is 7.50. The number of esters is 1. The van der Waals surface area contributed by atoms with E-state index in [0.29, 0.717) is 28.2 Å². The molecule has 4 rings (SSSR count). The fourth-order valence-electron chi connectivity index (χ4n) is 2.97. The van der Waals surface area contributed by atoms with Crippen molar-refractivity contribution in [2.24, 2.45) is 0 Å². The van der Waals surface area contributed by atoms with Gasteiger partial charge >= 0.3 is 5.97 Å². The number of carbonyl (C=O) groups excluding carboxylic acids is 1. The SMILES string of the molecule is COC(=O)c1cc(C)nc2nc(SCc3coc(-c4ccc(OC)cc4)n3)[nH]c(=O)c12. The van der Waals surface area contributed by atoms with E-state index in [0.717, 1.165) is 11.3 Å². The van der Waals surface area contributed by atoms with Crippen LogP contribution in [0.1, 0.15) is 21.7 Å². The molecule has 1 aromatic carbocycles. The van der Waals surface area contributed by atoms with E-state index in [1.165, 1.54) is 24.9 Å². The third kappa shape index (κ3) is 4.29. The Bertz CT molecular complexity index is 1310. The van der Waals surface area contributed by atoms with Crippen LogP contribution < -0.4 is 10.3 Å². The molecular formula is C21H18N4O5S. The molecule has 158 valence electrons. The number of aryl methyl sites for hydroxylation is 1. The van der Waals surface area contributed by atoms with Crippen molar-refractivity contribution in [3.05, 3.63) is 63.9 Å². The van der Waals surface area contributed by atoms with Gasteiger partial charge in [-0.3, -0.25) is 4.79 Å². The van der Waals surface area contributed by atoms with Crippen LogP contribution in [0.3, 0.4) is 0 Å². The number of methoxy groups -OCH3 is 2. The summed E-state index contributed by atoms with van der Waals surface area (Å²) in [5.74, 6) is 1.04. The van der Waals surface area contributed by atoms with Crippen molar-refractivity contribution in [2.45, 2.75) is 17.8 Å². The minimum Gasteiger partial charge on any atom is -0.497 e. The number of nitrogens with one attached hydrogen (secondary N) is 1. The number of pyridine rings is 1. The van der Waals surface area contributed by atoms with Crippen molar-refractivity contribution in [1.82, 2.24) is 19.9 Å². The zero-order valence-electron chi connectivity index (χ0n) is 17.0. The molecule has 31 heavy (non-hydrogen) atoms. The van der Waals surface area contributed by atoms with Crippen LogP contribution in [0, 0.1) is 6.92 Å². The van der Waals surface area contributed by atoms with E-state index in [4.69, 9.17) is 13.9 Å². The molecule has 0 saturated carbocycles. The summed E-state index contributed by atoms with van der Waals surface area (Å²) in [6, 6.07) is 8.88. The number of aromatic amines is 1. The van der Waals surface area contributed by atoms with Gasteiger partial charge in [0.05, 0.1) is 30.9 Å². The molecule has 0 amide bonds. The molecule has 0 fully saturated rings. The second-order valence-electron chi connectivity index (χ2n) is 6.53. The van der Waals surface area contributed by atoms with E-state index in [-0.39, 0.29) is 16.6 Å². The predicted molar refractivity (Wildman–Crippen MR) is 114 cm³/mol. The molecule has 3 heterocycles. The van der Waals surface area contributed by atoms with Crippen molar-refractivity contribution < 1.29 is 18.7 Å². The summed E-state index contributed by atoms with van der Waals surface area (Å²) in [4.78, 5) is 40.5. The first-order valence-electron chi connectivity index (χ1n) is 9.20. The smallest absolute Gasteiger partial charge is 0.338 e. The number of ether oxygens (including phenoxy) is 2. The number of nitrogens with zero attached hydrogens (tertiary/aromatic N) is 3. The number of benzene rings is 1. The Labute approximate surface area is 180 Å². The number of oxazole rings is 1. The Kier molecular flexibility index (Phi) is 5.72. The Hall–Kier alpha value is -3.66. The van der Waals surface area contributed by atoms with Crippen LogP contribution in [0.4, 0.5) is 0 Å². The minimum absolute atomic E-state index is 0.102. The largest absolute Gasteiger partial charge is 0.497 e. The van der Waals surface area contributed by atoms with E-state index in [1.54, 1.807) is 20.3 Å². The van der Waals surface area contributed by atoms with Crippen LogP contribution in [-0.4, -0.2) is 40.1 Å². The monoisotopic (exact) mass is 438 g/mol. The summed E-state index contributed by atoms with van der Waals surface area (Å²) < 4.78 is 15.5. The quantitative estimate of drug-likeness (QED) is 0.274. The molecule has 0 atom stereocenters. The molecule has 0 saturated heterocycles. The molecule has 9 nitrogen and oxygen atoms in total. The zero-order chi connectivity index (χ0) is 22.0. The maximum Gasteiger partial charge on any atom is 0.338 e. The highest BCUT2D eigenvalue weighted by Gasteiger charge is 2.18. The summed E-state index contributed by atoms with van der Waals surface area (Å²) in [6.07, 6.45) is 1.56. The summed E-state index contributed by atoms with van der Waals surface area (Å²) in [6.45, 7) is 1.72. The van der Waals surface area contributed by atoms with Gasteiger partial charge in [0.1, 0.15) is 12.0 Å². The number of H-pyrrole nitrogens is 1. The average Bonchev–Trinajstić information content (AvgIpc) is 3.25. The van der Waals surface area contributed by atoms with Gasteiger partial charge in [0.25, 0.3) is 5.56 Å².